The van der Waals surface area contributed by atoms with Crippen molar-refractivity contribution in [2.75, 3.05) is 52.6 Å². The first-order valence-corrected chi connectivity index (χ1v) is 11.2. The van der Waals surface area contributed by atoms with E-state index in [0.29, 0.717) is 56.6 Å². The molecule has 2 aromatic carbocycles. The molecule has 0 unspecified atom stereocenters. The van der Waals surface area contributed by atoms with Crippen molar-refractivity contribution < 1.29 is 28.9 Å². The van der Waals surface area contributed by atoms with Crippen molar-refractivity contribution in [2.24, 2.45) is 0 Å². The molecule has 172 valence electrons. The average molecular weight is 450 g/mol. The number of ketones is 1. The molecule has 0 aliphatic carbocycles. The molecule has 0 spiro atoms. The second kappa shape index (κ2) is 9.25. The van der Waals surface area contributed by atoms with Crippen LogP contribution in [0.3, 0.4) is 0 Å². The number of fused-ring (bicyclic) bond motifs is 1. The fourth-order valence-corrected chi connectivity index (χ4v) is 4.51. The van der Waals surface area contributed by atoms with Gasteiger partial charge in [-0.1, -0.05) is 30.3 Å². The number of Topliss-reactive ketones (excluding diaryl/α,β-unsaturated/α-hetero) is 1. The Morgan fingerprint density at radius 3 is 2.39 bits per heavy atom. The summed E-state index contributed by atoms with van der Waals surface area (Å²) in [5.41, 5.74) is 1.27. The van der Waals surface area contributed by atoms with Gasteiger partial charge >= 0.3 is 0 Å². The zero-order valence-electron chi connectivity index (χ0n) is 18.2. The number of aliphatic hydroxyl groups is 1. The molecule has 2 aromatic rings. The summed E-state index contributed by atoms with van der Waals surface area (Å²) in [6, 6.07) is 13.7. The van der Waals surface area contributed by atoms with Crippen LogP contribution in [-0.2, 0) is 14.3 Å². The lowest BCUT2D eigenvalue weighted by Gasteiger charge is -2.31. The minimum Gasteiger partial charge on any atom is -0.507 e. The highest BCUT2D eigenvalue weighted by Gasteiger charge is 2.46. The quantitative estimate of drug-likeness (QED) is 0.425. The maximum absolute atomic E-state index is 13.2. The van der Waals surface area contributed by atoms with E-state index in [1.54, 1.807) is 23.1 Å². The summed E-state index contributed by atoms with van der Waals surface area (Å²) in [7, 11) is 0. The third kappa shape index (κ3) is 4.19. The van der Waals surface area contributed by atoms with Gasteiger partial charge in [-0.3, -0.25) is 14.5 Å². The van der Waals surface area contributed by atoms with Crippen LogP contribution in [0.5, 0.6) is 11.5 Å². The van der Waals surface area contributed by atoms with Gasteiger partial charge in [-0.05, 0) is 23.8 Å². The zero-order chi connectivity index (χ0) is 22.8. The first kappa shape index (κ1) is 21.5. The van der Waals surface area contributed by atoms with Crippen molar-refractivity contribution in [3.8, 4) is 11.5 Å². The van der Waals surface area contributed by atoms with Crippen LogP contribution in [0.2, 0.25) is 0 Å². The molecule has 1 atom stereocenters. The number of carbonyl (C=O) groups excluding carboxylic acids is 2. The number of hydrogen-bond donors (Lipinski definition) is 1. The van der Waals surface area contributed by atoms with E-state index in [9.17, 15) is 14.7 Å². The van der Waals surface area contributed by atoms with E-state index in [-0.39, 0.29) is 11.3 Å². The van der Waals surface area contributed by atoms with E-state index in [4.69, 9.17) is 14.2 Å². The standard InChI is InChI=1S/C25H26N2O6/c28-23(18-6-7-19-20(16-18)33-15-14-32-19)21-22(17-4-2-1-3-5-17)27(25(30)24(21)29)9-8-26-10-12-31-13-11-26/h1-7,16,22,28H,8-15H2/t22-/m0/s1. The molecule has 2 saturated heterocycles. The summed E-state index contributed by atoms with van der Waals surface area (Å²) in [4.78, 5) is 30.0. The fourth-order valence-electron chi connectivity index (χ4n) is 4.51. The maximum atomic E-state index is 13.2. The van der Waals surface area contributed by atoms with Gasteiger partial charge in [0.1, 0.15) is 19.0 Å². The molecule has 1 amide bonds. The van der Waals surface area contributed by atoms with Crippen molar-refractivity contribution in [3.63, 3.8) is 0 Å². The molecule has 1 N–H and O–H groups in total. The molecule has 5 rings (SSSR count). The first-order valence-electron chi connectivity index (χ1n) is 11.2. The third-order valence-corrected chi connectivity index (χ3v) is 6.23. The normalized spacial score (nSPS) is 22.5. The molecule has 8 heteroatoms. The van der Waals surface area contributed by atoms with E-state index in [0.717, 1.165) is 18.7 Å². The van der Waals surface area contributed by atoms with Gasteiger partial charge in [-0.15, -0.1) is 0 Å². The van der Waals surface area contributed by atoms with Crippen LogP contribution in [0.15, 0.2) is 54.1 Å². The molecule has 3 heterocycles. The van der Waals surface area contributed by atoms with E-state index in [2.05, 4.69) is 4.90 Å². The highest BCUT2D eigenvalue weighted by molar-refractivity contribution is 6.46. The van der Waals surface area contributed by atoms with Gasteiger partial charge in [0, 0.05) is 31.7 Å². The predicted molar refractivity (Wildman–Crippen MR) is 120 cm³/mol. The Hall–Kier alpha value is -3.36. The molecular formula is C25H26N2O6. The zero-order valence-corrected chi connectivity index (χ0v) is 18.2. The lowest BCUT2D eigenvalue weighted by Crippen LogP contribution is -2.42. The Morgan fingerprint density at radius 1 is 0.909 bits per heavy atom. The molecular weight excluding hydrogens is 424 g/mol. The number of hydrogen-bond acceptors (Lipinski definition) is 7. The molecule has 0 aromatic heterocycles. The van der Waals surface area contributed by atoms with Crippen molar-refractivity contribution in [2.45, 2.75) is 6.04 Å². The van der Waals surface area contributed by atoms with Gasteiger partial charge in [-0.25, -0.2) is 0 Å². The number of likely N-dealkylation sites (tertiary alicyclic amines) is 1. The van der Waals surface area contributed by atoms with Crippen LogP contribution < -0.4 is 9.47 Å². The van der Waals surface area contributed by atoms with Gasteiger partial charge in [-0.2, -0.15) is 0 Å². The van der Waals surface area contributed by atoms with Crippen LogP contribution in [0, 0.1) is 0 Å². The number of morpholine rings is 1. The van der Waals surface area contributed by atoms with Crippen LogP contribution in [0.25, 0.3) is 5.76 Å². The molecule has 0 radical (unpaired) electrons. The number of amides is 1. The smallest absolute Gasteiger partial charge is 0.295 e. The molecule has 3 aliphatic heterocycles. The van der Waals surface area contributed by atoms with Crippen molar-refractivity contribution >= 4 is 17.4 Å². The van der Waals surface area contributed by atoms with Gasteiger partial charge in [0.15, 0.2) is 11.5 Å². The van der Waals surface area contributed by atoms with Crippen LogP contribution in [0.4, 0.5) is 0 Å². The fraction of sp³-hybridized carbons (Fsp3) is 0.360. The molecule has 0 saturated carbocycles. The molecule has 2 fully saturated rings. The Balaban J connectivity index is 1.52. The molecule has 3 aliphatic rings. The van der Waals surface area contributed by atoms with E-state index >= 15 is 0 Å². The maximum Gasteiger partial charge on any atom is 0.295 e. The van der Waals surface area contributed by atoms with E-state index in [1.807, 2.05) is 30.3 Å². The Kier molecular flexibility index (Phi) is 6.02. The summed E-state index contributed by atoms with van der Waals surface area (Å²) in [6.07, 6.45) is 0. The topological polar surface area (TPSA) is 88.5 Å². The second-order valence-corrected chi connectivity index (χ2v) is 8.22. The SMILES string of the molecule is O=C1C(=O)N(CCN2CCOCC2)[C@@H](c2ccccc2)C1=C(O)c1ccc2c(c1)OCCO2. The molecule has 33 heavy (non-hydrogen) atoms. The van der Waals surface area contributed by atoms with Crippen LogP contribution in [-0.4, -0.2) is 79.2 Å². The summed E-state index contributed by atoms with van der Waals surface area (Å²) in [5, 5.41) is 11.2. The van der Waals surface area contributed by atoms with E-state index in [1.165, 1.54) is 0 Å². The summed E-state index contributed by atoms with van der Waals surface area (Å²) in [6.45, 7) is 4.77. The van der Waals surface area contributed by atoms with E-state index < -0.39 is 17.7 Å². The third-order valence-electron chi connectivity index (χ3n) is 6.23. The lowest BCUT2D eigenvalue weighted by molar-refractivity contribution is -0.140. The van der Waals surface area contributed by atoms with Crippen LogP contribution >= 0.6 is 0 Å². The second-order valence-electron chi connectivity index (χ2n) is 8.22. The van der Waals surface area contributed by atoms with Gasteiger partial charge < -0.3 is 24.2 Å². The highest BCUT2D eigenvalue weighted by Crippen LogP contribution is 2.40. The number of rotatable bonds is 5. The minimum absolute atomic E-state index is 0.0878. The van der Waals surface area contributed by atoms with Gasteiger partial charge in [0.2, 0.25) is 0 Å². The minimum atomic E-state index is -0.682. The van der Waals surface area contributed by atoms with Crippen molar-refractivity contribution in [1.29, 1.82) is 0 Å². The summed E-state index contributed by atoms with van der Waals surface area (Å²) >= 11 is 0. The summed E-state index contributed by atoms with van der Waals surface area (Å²) in [5.74, 6) is -0.408. The number of aliphatic hydroxyl groups excluding tert-OH is 1. The monoisotopic (exact) mass is 450 g/mol. The van der Waals surface area contributed by atoms with Gasteiger partial charge in [0.05, 0.1) is 24.8 Å². The van der Waals surface area contributed by atoms with Gasteiger partial charge in [0.25, 0.3) is 11.7 Å². The van der Waals surface area contributed by atoms with Crippen molar-refractivity contribution in [1.82, 2.24) is 9.80 Å². The van der Waals surface area contributed by atoms with Crippen molar-refractivity contribution in [3.05, 3.63) is 65.2 Å². The Morgan fingerprint density at radius 2 is 1.64 bits per heavy atom. The number of ether oxygens (including phenoxy) is 3. The molecule has 8 nitrogen and oxygen atoms in total. The lowest BCUT2D eigenvalue weighted by atomic mass is 9.95. The number of nitrogens with zero attached hydrogens (tertiary/aromatic N) is 2. The largest absolute Gasteiger partial charge is 0.507 e. The average Bonchev–Trinajstić information content (AvgIpc) is 3.12. The Bertz CT molecular complexity index is 1080. The Labute approximate surface area is 192 Å². The predicted octanol–water partition coefficient (Wildman–Crippen LogP) is 2.21. The highest BCUT2D eigenvalue weighted by atomic mass is 16.6. The first-order chi connectivity index (χ1) is 16.1. The molecule has 0 bridgehead atoms. The number of carbonyl (C=O) groups is 2. The van der Waals surface area contributed by atoms with Crippen LogP contribution in [0.1, 0.15) is 17.2 Å². The summed E-state index contributed by atoms with van der Waals surface area (Å²) < 4.78 is 16.6. The number of benzene rings is 2.